The lowest BCUT2D eigenvalue weighted by Gasteiger charge is -2.44. The molecule has 0 aliphatic carbocycles. The van der Waals surface area contributed by atoms with Gasteiger partial charge in [-0.2, -0.15) is 0 Å². The molecule has 0 radical (unpaired) electrons. The molecule has 1 aliphatic heterocycles. The largest absolute Gasteiger partial charge is 0.384 e. The van der Waals surface area contributed by atoms with Crippen LogP contribution in [0.2, 0.25) is 0 Å². The molecule has 0 spiro atoms. The van der Waals surface area contributed by atoms with E-state index in [0.29, 0.717) is 5.92 Å². The normalized spacial score (nSPS) is 28.3. The van der Waals surface area contributed by atoms with Gasteiger partial charge in [-0.1, -0.05) is 35.0 Å². The molecule has 0 bridgehead atoms. The van der Waals surface area contributed by atoms with Gasteiger partial charge in [0, 0.05) is 29.5 Å². The van der Waals surface area contributed by atoms with Crippen molar-refractivity contribution in [2.24, 2.45) is 5.41 Å². The fraction of sp³-hybridized carbons (Fsp3) is 0.600. The van der Waals surface area contributed by atoms with Gasteiger partial charge in [-0.05, 0) is 37.1 Å². The highest BCUT2D eigenvalue weighted by Gasteiger charge is 2.40. The summed E-state index contributed by atoms with van der Waals surface area (Å²) in [6, 6.07) is 8.70. The Bertz CT molecular complexity index is 392. The van der Waals surface area contributed by atoms with Crippen LogP contribution in [-0.4, -0.2) is 26.8 Å². The van der Waals surface area contributed by atoms with Gasteiger partial charge in [0.25, 0.3) is 0 Å². The summed E-state index contributed by atoms with van der Waals surface area (Å²) in [6.07, 6.45) is 2.36. The zero-order valence-electron chi connectivity index (χ0n) is 11.2. The minimum atomic E-state index is 0.279. The molecular formula is C15H22BrNO. The van der Waals surface area contributed by atoms with E-state index in [9.17, 15) is 0 Å². The second kappa shape index (κ2) is 6.18. The molecule has 18 heavy (non-hydrogen) atoms. The number of benzene rings is 1. The van der Waals surface area contributed by atoms with Crippen LogP contribution in [0.15, 0.2) is 28.7 Å². The topological polar surface area (TPSA) is 21.3 Å². The predicted molar refractivity (Wildman–Crippen MR) is 79.0 cm³/mol. The Labute approximate surface area is 118 Å². The maximum Gasteiger partial charge on any atom is 0.0525 e. The van der Waals surface area contributed by atoms with Crippen molar-refractivity contribution in [1.82, 2.24) is 5.32 Å². The van der Waals surface area contributed by atoms with E-state index in [-0.39, 0.29) is 5.41 Å². The number of hydrogen-bond acceptors (Lipinski definition) is 2. The van der Waals surface area contributed by atoms with E-state index in [1.807, 2.05) is 7.11 Å². The molecule has 3 heteroatoms. The SMILES string of the molecule is CCC1(COC)CCNCC1c1cccc(Br)c1. The molecule has 1 heterocycles. The van der Waals surface area contributed by atoms with Gasteiger partial charge in [0.2, 0.25) is 0 Å². The molecule has 1 fully saturated rings. The van der Waals surface area contributed by atoms with E-state index < -0.39 is 0 Å². The number of nitrogens with one attached hydrogen (secondary N) is 1. The summed E-state index contributed by atoms with van der Waals surface area (Å²) in [5, 5.41) is 3.53. The van der Waals surface area contributed by atoms with Crippen LogP contribution in [-0.2, 0) is 4.74 Å². The van der Waals surface area contributed by atoms with Crippen molar-refractivity contribution >= 4 is 15.9 Å². The highest BCUT2D eigenvalue weighted by atomic mass is 79.9. The lowest BCUT2D eigenvalue weighted by atomic mass is 9.67. The van der Waals surface area contributed by atoms with Crippen LogP contribution in [0.3, 0.4) is 0 Å². The van der Waals surface area contributed by atoms with E-state index in [0.717, 1.165) is 24.2 Å². The van der Waals surface area contributed by atoms with E-state index in [1.165, 1.54) is 18.4 Å². The number of halogens is 1. The van der Waals surface area contributed by atoms with E-state index in [1.54, 1.807) is 0 Å². The molecule has 2 rings (SSSR count). The number of methoxy groups -OCH3 is 1. The number of ether oxygens (including phenoxy) is 1. The van der Waals surface area contributed by atoms with Gasteiger partial charge in [-0.25, -0.2) is 0 Å². The molecule has 0 saturated carbocycles. The van der Waals surface area contributed by atoms with Gasteiger partial charge in [0.1, 0.15) is 0 Å². The summed E-state index contributed by atoms with van der Waals surface area (Å²) in [4.78, 5) is 0. The van der Waals surface area contributed by atoms with Crippen LogP contribution in [0.1, 0.15) is 31.2 Å². The molecule has 100 valence electrons. The second-order valence-electron chi connectivity index (χ2n) is 5.21. The molecule has 1 aromatic carbocycles. The lowest BCUT2D eigenvalue weighted by Crippen LogP contribution is -2.45. The number of piperidine rings is 1. The van der Waals surface area contributed by atoms with Gasteiger partial charge in [0.05, 0.1) is 6.61 Å². The first-order valence-corrected chi connectivity index (χ1v) is 7.46. The van der Waals surface area contributed by atoms with Gasteiger partial charge >= 0.3 is 0 Å². The van der Waals surface area contributed by atoms with Crippen molar-refractivity contribution in [3.05, 3.63) is 34.3 Å². The highest BCUT2D eigenvalue weighted by molar-refractivity contribution is 9.10. The monoisotopic (exact) mass is 311 g/mol. The maximum absolute atomic E-state index is 5.52. The third kappa shape index (κ3) is 2.79. The third-order valence-electron chi connectivity index (χ3n) is 4.27. The zero-order valence-corrected chi connectivity index (χ0v) is 12.8. The Morgan fingerprint density at radius 1 is 1.50 bits per heavy atom. The van der Waals surface area contributed by atoms with Gasteiger partial charge in [-0.3, -0.25) is 0 Å². The van der Waals surface area contributed by atoms with Crippen LogP contribution in [0, 0.1) is 5.41 Å². The van der Waals surface area contributed by atoms with Crippen LogP contribution >= 0.6 is 15.9 Å². The summed E-state index contributed by atoms with van der Waals surface area (Å²) in [5.41, 5.74) is 1.69. The lowest BCUT2D eigenvalue weighted by molar-refractivity contribution is 0.0332. The summed E-state index contributed by atoms with van der Waals surface area (Å²) in [6.45, 7) is 5.28. The quantitative estimate of drug-likeness (QED) is 0.918. The van der Waals surface area contributed by atoms with Crippen molar-refractivity contribution < 1.29 is 4.74 Å². The zero-order chi connectivity index (χ0) is 13.0. The molecule has 1 aliphatic rings. The fourth-order valence-electron chi connectivity index (χ4n) is 3.15. The number of hydrogen-bond donors (Lipinski definition) is 1. The van der Waals surface area contributed by atoms with Gasteiger partial charge in [0.15, 0.2) is 0 Å². The van der Waals surface area contributed by atoms with Crippen molar-refractivity contribution in [3.8, 4) is 0 Å². The Kier molecular flexibility index (Phi) is 4.82. The average Bonchev–Trinajstić information content (AvgIpc) is 2.39. The van der Waals surface area contributed by atoms with Gasteiger partial charge < -0.3 is 10.1 Å². The van der Waals surface area contributed by atoms with Crippen molar-refractivity contribution in [2.75, 3.05) is 26.8 Å². The van der Waals surface area contributed by atoms with Crippen molar-refractivity contribution in [1.29, 1.82) is 0 Å². The molecule has 0 aromatic heterocycles. The molecule has 1 N–H and O–H groups in total. The first-order chi connectivity index (χ1) is 8.72. The standard InChI is InChI=1S/C15H22BrNO/c1-3-15(11-18-2)7-8-17-10-14(15)12-5-4-6-13(16)9-12/h4-6,9,14,17H,3,7-8,10-11H2,1-2H3. The smallest absolute Gasteiger partial charge is 0.0525 e. The first-order valence-electron chi connectivity index (χ1n) is 6.67. The van der Waals surface area contributed by atoms with E-state index in [2.05, 4.69) is 52.4 Å². The van der Waals surface area contributed by atoms with Crippen LogP contribution in [0.4, 0.5) is 0 Å². The van der Waals surface area contributed by atoms with Gasteiger partial charge in [-0.15, -0.1) is 0 Å². The Hall–Kier alpha value is -0.380. The second-order valence-corrected chi connectivity index (χ2v) is 6.13. The average molecular weight is 312 g/mol. The molecule has 2 unspecified atom stereocenters. The van der Waals surface area contributed by atoms with Crippen molar-refractivity contribution in [2.45, 2.75) is 25.7 Å². The molecule has 0 amide bonds. The van der Waals surface area contributed by atoms with Crippen molar-refractivity contribution in [3.63, 3.8) is 0 Å². The highest BCUT2D eigenvalue weighted by Crippen LogP contribution is 2.44. The van der Waals surface area contributed by atoms with E-state index in [4.69, 9.17) is 4.74 Å². The molecule has 2 nitrogen and oxygen atoms in total. The molecule has 2 atom stereocenters. The molecular weight excluding hydrogens is 290 g/mol. The molecule has 1 aromatic rings. The first kappa shape index (κ1) is 14.0. The number of rotatable bonds is 4. The third-order valence-corrected chi connectivity index (χ3v) is 4.77. The predicted octanol–water partition coefficient (Wildman–Crippen LogP) is 3.57. The summed E-state index contributed by atoms with van der Waals surface area (Å²) < 4.78 is 6.68. The maximum atomic E-state index is 5.52. The van der Waals surface area contributed by atoms with E-state index >= 15 is 0 Å². The Balaban J connectivity index is 2.32. The summed E-state index contributed by atoms with van der Waals surface area (Å²) >= 11 is 3.58. The molecule has 1 saturated heterocycles. The van der Waals surface area contributed by atoms with Crippen LogP contribution < -0.4 is 5.32 Å². The fourth-order valence-corrected chi connectivity index (χ4v) is 3.57. The Morgan fingerprint density at radius 3 is 3.00 bits per heavy atom. The van der Waals surface area contributed by atoms with Crippen LogP contribution in [0.25, 0.3) is 0 Å². The van der Waals surface area contributed by atoms with Crippen LogP contribution in [0.5, 0.6) is 0 Å². The summed E-state index contributed by atoms with van der Waals surface area (Å²) in [5.74, 6) is 0.536. The minimum Gasteiger partial charge on any atom is -0.384 e. The Morgan fingerprint density at radius 2 is 2.33 bits per heavy atom. The summed E-state index contributed by atoms with van der Waals surface area (Å²) in [7, 11) is 1.82. The minimum absolute atomic E-state index is 0.279.